The first-order valence-electron chi connectivity index (χ1n) is 7.57. The third-order valence-electron chi connectivity index (χ3n) is 3.90. The van der Waals surface area contributed by atoms with Crippen LogP contribution in [0.25, 0.3) is 22.3 Å². The van der Waals surface area contributed by atoms with Crippen molar-refractivity contribution in [2.24, 2.45) is 0 Å². The molecule has 0 atom stereocenters. The van der Waals surface area contributed by atoms with Crippen molar-refractivity contribution in [2.75, 3.05) is 5.32 Å². The number of carbonyl (C=O) groups is 1. The summed E-state index contributed by atoms with van der Waals surface area (Å²) in [7, 11) is 0. The van der Waals surface area contributed by atoms with E-state index in [0.29, 0.717) is 11.1 Å². The van der Waals surface area contributed by atoms with Gasteiger partial charge in [-0.2, -0.15) is 0 Å². The highest BCUT2D eigenvalue weighted by Crippen LogP contribution is 2.43. The van der Waals surface area contributed by atoms with Crippen molar-refractivity contribution in [1.29, 1.82) is 0 Å². The fraction of sp³-hybridized carbons (Fsp3) is 0.0556. The molecule has 0 saturated carbocycles. The van der Waals surface area contributed by atoms with Gasteiger partial charge >= 0.3 is 0 Å². The standard InChI is InChI=1S/C18H11Cl2N3O3/c1-8-4-9(2-3-21-8)15-16(13-6-12(24)17(15)26-13)18(25)23-14-5-10(19)11(20)7-22-14/h2-7,24H,1H3,(H,22,23,25). The quantitative estimate of drug-likeness (QED) is 0.521. The zero-order valence-corrected chi connectivity index (χ0v) is 14.9. The molecule has 0 fully saturated rings. The number of aromatic hydroxyl groups is 1. The summed E-state index contributed by atoms with van der Waals surface area (Å²) < 4.78 is 5.57. The largest absolute Gasteiger partial charge is 0.504 e. The maximum Gasteiger partial charge on any atom is 0.261 e. The number of anilines is 1. The summed E-state index contributed by atoms with van der Waals surface area (Å²) in [5.41, 5.74) is 2.82. The minimum Gasteiger partial charge on any atom is -0.504 e. The zero-order chi connectivity index (χ0) is 18.4. The van der Waals surface area contributed by atoms with Crippen LogP contribution in [0.5, 0.6) is 5.75 Å². The second kappa shape index (κ2) is 6.16. The molecule has 26 heavy (non-hydrogen) atoms. The first-order valence-corrected chi connectivity index (χ1v) is 8.33. The Labute approximate surface area is 157 Å². The lowest BCUT2D eigenvalue weighted by molar-refractivity contribution is 0.102. The van der Waals surface area contributed by atoms with Gasteiger partial charge in [-0.1, -0.05) is 23.2 Å². The Morgan fingerprint density at radius 1 is 1.19 bits per heavy atom. The molecule has 1 amide bonds. The molecule has 0 aliphatic heterocycles. The van der Waals surface area contributed by atoms with Crippen LogP contribution in [0.4, 0.5) is 5.82 Å². The fourth-order valence-electron chi connectivity index (χ4n) is 2.78. The summed E-state index contributed by atoms with van der Waals surface area (Å²) >= 11 is 11.8. The van der Waals surface area contributed by atoms with E-state index in [0.717, 1.165) is 11.3 Å². The number of hydrogen-bond acceptors (Lipinski definition) is 5. The van der Waals surface area contributed by atoms with Gasteiger partial charge < -0.3 is 14.8 Å². The van der Waals surface area contributed by atoms with Gasteiger partial charge in [0.1, 0.15) is 11.4 Å². The van der Waals surface area contributed by atoms with Crippen molar-refractivity contribution in [2.45, 2.75) is 6.92 Å². The predicted octanol–water partition coefficient (Wildman–Crippen LogP) is 4.90. The number of fused-ring (bicyclic) bond motifs is 2. The number of aromatic nitrogens is 2. The van der Waals surface area contributed by atoms with Crippen molar-refractivity contribution >= 4 is 46.1 Å². The van der Waals surface area contributed by atoms with Gasteiger partial charge in [-0.25, -0.2) is 4.98 Å². The molecule has 4 rings (SSSR count). The van der Waals surface area contributed by atoms with E-state index in [-0.39, 0.29) is 32.8 Å². The first kappa shape index (κ1) is 16.6. The zero-order valence-electron chi connectivity index (χ0n) is 13.4. The van der Waals surface area contributed by atoms with E-state index in [2.05, 4.69) is 15.3 Å². The Balaban J connectivity index is 1.79. The second-order valence-corrected chi connectivity index (χ2v) is 6.51. The normalized spacial score (nSPS) is 11.2. The minimum atomic E-state index is -0.436. The number of pyridine rings is 2. The molecule has 130 valence electrons. The van der Waals surface area contributed by atoms with Crippen LogP contribution in [-0.4, -0.2) is 21.0 Å². The highest BCUT2D eigenvalue weighted by atomic mass is 35.5. The fourth-order valence-corrected chi connectivity index (χ4v) is 3.04. The van der Waals surface area contributed by atoms with E-state index in [1.54, 1.807) is 12.3 Å². The minimum absolute atomic E-state index is 0.0197. The average Bonchev–Trinajstić information content (AvgIpc) is 3.15. The molecule has 4 aromatic heterocycles. The van der Waals surface area contributed by atoms with Gasteiger partial charge in [0.15, 0.2) is 11.3 Å². The predicted molar refractivity (Wildman–Crippen MR) is 99.2 cm³/mol. The van der Waals surface area contributed by atoms with Crippen LogP contribution in [0.3, 0.4) is 0 Å². The van der Waals surface area contributed by atoms with Crippen LogP contribution in [-0.2, 0) is 0 Å². The van der Waals surface area contributed by atoms with Gasteiger partial charge in [-0.15, -0.1) is 0 Å². The Morgan fingerprint density at radius 2 is 2.00 bits per heavy atom. The van der Waals surface area contributed by atoms with Crippen molar-refractivity contribution in [3.63, 3.8) is 0 Å². The van der Waals surface area contributed by atoms with Gasteiger partial charge in [0, 0.05) is 35.8 Å². The molecule has 4 aromatic rings. The summed E-state index contributed by atoms with van der Waals surface area (Å²) in [5.74, 6) is -0.202. The molecule has 0 saturated heterocycles. The van der Waals surface area contributed by atoms with Crippen molar-refractivity contribution in [3.05, 3.63) is 58.0 Å². The van der Waals surface area contributed by atoms with E-state index in [1.807, 2.05) is 13.0 Å². The Morgan fingerprint density at radius 3 is 2.73 bits per heavy atom. The lowest BCUT2D eigenvalue weighted by atomic mass is 9.99. The Hall–Kier alpha value is -2.83. The van der Waals surface area contributed by atoms with Gasteiger partial charge in [0.25, 0.3) is 5.91 Å². The summed E-state index contributed by atoms with van der Waals surface area (Å²) in [6.07, 6.45) is 2.98. The number of benzene rings is 1. The van der Waals surface area contributed by atoms with Crippen molar-refractivity contribution in [3.8, 4) is 16.9 Å². The average molecular weight is 388 g/mol. The number of rotatable bonds is 3. The van der Waals surface area contributed by atoms with Crippen LogP contribution in [0.1, 0.15) is 16.1 Å². The Bertz CT molecular complexity index is 1140. The molecule has 6 nitrogen and oxygen atoms in total. The van der Waals surface area contributed by atoms with Crippen LogP contribution in [0.15, 0.2) is 41.1 Å². The van der Waals surface area contributed by atoms with Crippen molar-refractivity contribution in [1.82, 2.24) is 9.97 Å². The smallest absolute Gasteiger partial charge is 0.261 e. The highest BCUT2D eigenvalue weighted by Gasteiger charge is 2.27. The first-order chi connectivity index (χ1) is 12.4. The number of nitrogens with zero attached hydrogens (tertiary/aromatic N) is 2. The lowest BCUT2D eigenvalue weighted by Gasteiger charge is -2.08. The number of nitrogens with one attached hydrogen (secondary N) is 1. The molecule has 0 spiro atoms. The number of furan rings is 2. The molecular weight excluding hydrogens is 377 g/mol. The maximum absolute atomic E-state index is 12.9. The van der Waals surface area contributed by atoms with E-state index in [9.17, 15) is 9.90 Å². The number of hydrogen-bond donors (Lipinski definition) is 2. The SMILES string of the molecule is Cc1cc(-c2c(C(=O)Nc3cc(Cl)c(Cl)cn3)c3cc(O)c2o3)ccn1. The number of amides is 1. The van der Waals surface area contributed by atoms with E-state index in [4.69, 9.17) is 27.6 Å². The topological polar surface area (TPSA) is 88.2 Å². The van der Waals surface area contributed by atoms with Gasteiger partial charge in [0.05, 0.1) is 15.6 Å². The van der Waals surface area contributed by atoms with E-state index < -0.39 is 5.91 Å². The third-order valence-corrected chi connectivity index (χ3v) is 4.61. The van der Waals surface area contributed by atoms with Gasteiger partial charge in [-0.05, 0) is 24.6 Å². The number of halogens is 2. The summed E-state index contributed by atoms with van der Waals surface area (Å²) in [5, 5.41) is 13.3. The third kappa shape index (κ3) is 2.73. The molecule has 0 aliphatic rings. The number of aryl methyl sites for hydroxylation is 1. The molecule has 0 unspecified atom stereocenters. The molecule has 4 heterocycles. The van der Waals surface area contributed by atoms with Crippen LogP contribution < -0.4 is 5.32 Å². The molecule has 0 radical (unpaired) electrons. The molecule has 8 heteroatoms. The maximum atomic E-state index is 12.9. The molecule has 2 bridgehead atoms. The van der Waals surface area contributed by atoms with Gasteiger partial charge in [-0.3, -0.25) is 9.78 Å². The van der Waals surface area contributed by atoms with E-state index >= 15 is 0 Å². The molecule has 0 aromatic carbocycles. The van der Waals surface area contributed by atoms with Crippen LogP contribution in [0, 0.1) is 6.92 Å². The number of phenolic OH excluding ortho intramolecular Hbond substituents is 1. The van der Waals surface area contributed by atoms with E-state index in [1.165, 1.54) is 18.3 Å². The number of carbonyl (C=O) groups excluding carboxylic acids is 1. The summed E-state index contributed by atoms with van der Waals surface area (Å²) in [6.45, 7) is 1.84. The molecule has 0 aliphatic carbocycles. The van der Waals surface area contributed by atoms with Crippen molar-refractivity contribution < 1.29 is 14.3 Å². The molecular formula is C18H11Cl2N3O3. The lowest BCUT2D eigenvalue weighted by Crippen LogP contribution is -2.13. The monoisotopic (exact) mass is 387 g/mol. The summed E-state index contributed by atoms with van der Waals surface area (Å²) in [6, 6.07) is 6.42. The number of phenols is 1. The molecule has 2 N–H and O–H groups in total. The van der Waals surface area contributed by atoms with Crippen LogP contribution >= 0.6 is 23.2 Å². The van der Waals surface area contributed by atoms with Gasteiger partial charge in [0.2, 0.25) is 0 Å². The van der Waals surface area contributed by atoms with Crippen LogP contribution in [0.2, 0.25) is 10.0 Å². The second-order valence-electron chi connectivity index (χ2n) is 5.70. The highest BCUT2D eigenvalue weighted by molar-refractivity contribution is 6.42. The summed E-state index contributed by atoms with van der Waals surface area (Å²) in [4.78, 5) is 21.0. The Kier molecular flexibility index (Phi) is 3.94.